The summed E-state index contributed by atoms with van der Waals surface area (Å²) in [6.07, 6.45) is 0.681. The van der Waals surface area contributed by atoms with Crippen molar-refractivity contribution in [3.8, 4) is 5.75 Å². The Morgan fingerprint density at radius 1 is 1.35 bits per heavy atom. The van der Waals surface area contributed by atoms with Crippen LogP contribution in [-0.4, -0.2) is 19.7 Å². The van der Waals surface area contributed by atoms with E-state index in [2.05, 4.69) is 4.74 Å². The van der Waals surface area contributed by atoms with Gasteiger partial charge >= 0.3 is 11.6 Å². The Morgan fingerprint density at radius 3 is 2.75 bits per heavy atom. The van der Waals surface area contributed by atoms with E-state index >= 15 is 0 Å². The second kappa shape index (κ2) is 5.96. The molecule has 106 valence electrons. The first kappa shape index (κ1) is 14.4. The van der Waals surface area contributed by atoms with Crippen LogP contribution in [0.5, 0.6) is 5.75 Å². The summed E-state index contributed by atoms with van der Waals surface area (Å²) in [5.41, 5.74) is 0.784. The zero-order chi connectivity index (χ0) is 14.7. The van der Waals surface area contributed by atoms with E-state index in [0.29, 0.717) is 17.0 Å². The topological polar surface area (TPSA) is 65.7 Å². The number of rotatable bonds is 4. The van der Waals surface area contributed by atoms with Gasteiger partial charge < -0.3 is 13.9 Å². The van der Waals surface area contributed by atoms with Crippen LogP contribution in [0, 0.1) is 0 Å². The lowest BCUT2D eigenvalue weighted by molar-refractivity contribution is -0.142. The summed E-state index contributed by atoms with van der Waals surface area (Å²) in [5.74, 6) is -0.258. The van der Waals surface area contributed by atoms with Gasteiger partial charge in [-0.2, -0.15) is 0 Å². The summed E-state index contributed by atoms with van der Waals surface area (Å²) in [5, 5.41) is 1.09. The minimum atomic E-state index is -0.523. The molecule has 0 N–H and O–H groups in total. The van der Waals surface area contributed by atoms with E-state index in [4.69, 9.17) is 20.8 Å². The average Bonchev–Trinajstić information content (AvgIpc) is 2.44. The number of carbonyl (C=O) groups is 1. The van der Waals surface area contributed by atoms with Crippen LogP contribution in [0.4, 0.5) is 0 Å². The van der Waals surface area contributed by atoms with Gasteiger partial charge in [0.2, 0.25) is 0 Å². The first-order valence-electron chi connectivity index (χ1n) is 6.01. The molecule has 0 aliphatic heterocycles. The Morgan fingerprint density at radius 2 is 2.10 bits per heavy atom. The van der Waals surface area contributed by atoms with Crippen molar-refractivity contribution in [3.05, 3.63) is 39.2 Å². The minimum absolute atomic E-state index is 0.264. The van der Waals surface area contributed by atoms with Gasteiger partial charge in [-0.15, -0.1) is 0 Å². The van der Waals surface area contributed by atoms with Gasteiger partial charge in [0.05, 0.1) is 12.1 Å². The monoisotopic (exact) mass is 296 g/mol. The lowest BCUT2D eigenvalue weighted by atomic mass is 10.1. The third-order valence-corrected chi connectivity index (χ3v) is 3.13. The summed E-state index contributed by atoms with van der Waals surface area (Å²) in [6, 6.07) is 4.60. The second-order valence-corrected chi connectivity index (χ2v) is 4.50. The summed E-state index contributed by atoms with van der Waals surface area (Å²) >= 11 is 6.10. The Balaban J connectivity index is 2.46. The molecule has 6 heteroatoms. The van der Waals surface area contributed by atoms with Crippen LogP contribution in [0.3, 0.4) is 0 Å². The zero-order valence-corrected chi connectivity index (χ0v) is 11.8. The van der Waals surface area contributed by atoms with Crippen molar-refractivity contribution in [3.63, 3.8) is 0 Å². The van der Waals surface area contributed by atoms with Gasteiger partial charge in [-0.3, -0.25) is 0 Å². The van der Waals surface area contributed by atoms with Crippen LogP contribution in [0.25, 0.3) is 11.0 Å². The fraction of sp³-hybridized carbons (Fsp3) is 0.286. The quantitative estimate of drug-likeness (QED) is 0.641. The van der Waals surface area contributed by atoms with Crippen LogP contribution in [0.15, 0.2) is 27.4 Å². The van der Waals surface area contributed by atoms with Crippen LogP contribution in [0.2, 0.25) is 5.02 Å². The molecule has 20 heavy (non-hydrogen) atoms. The number of carbonyl (C=O) groups excluding carboxylic acids is 1. The molecule has 0 aliphatic carbocycles. The number of hydrogen-bond acceptors (Lipinski definition) is 5. The number of halogens is 1. The zero-order valence-electron chi connectivity index (χ0n) is 11.1. The number of hydrogen-bond donors (Lipinski definition) is 0. The summed E-state index contributed by atoms with van der Waals surface area (Å²) in [7, 11) is 1.26. The van der Waals surface area contributed by atoms with Crippen LogP contribution in [0.1, 0.15) is 12.5 Å². The van der Waals surface area contributed by atoms with E-state index in [1.165, 1.54) is 19.2 Å². The molecule has 0 saturated heterocycles. The molecule has 0 fully saturated rings. The third-order valence-electron chi connectivity index (χ3n) is 2.84. The van der Waals surface area contributed by atoms with Crippen molar-refractivity contribution in [2.24, 2.45) is 0 Å². The van der Waals surface area contributed by atoms with E-state index in [1.807, 2.05) is 6.92 Å². The smallest absolute Gasteiger partial charge is 0.343 e. The first-order valence-corrected chi connectivity index (χ1v) is 6.38. The molecule has 0 aliphatic rings. The molecule has 0 radical (unpaired) electrons. The molecular weight excluding hydrogens is 284 g/mol. The number of methoxy groups -OCH3 is 1. The highest BCUT2D eigenvalue weighted by Crippen LogP contribution is 2.31. The predicted octanol–water partition coefficient (Wildman–Crippen LogP) is 2.56. The average molecular weight is 297 g/mol. The fourth-order valence-corrected chi connectivity index (χ4v) is 2.04. The Hall–Kier alpha value is -2.01. The number of benzene rings is 1. The molecule has 5 nitrogen and oxygen atoms in total. The highest BCUT2D eigenvalue weighted by atomic mass is 35.5. The molecule has 2 aromatic rings. The highest BCUT2D eigenvalue weighted by molar-refractivity contribution is 6.32. The summed E-state index contributed by atoms with van der Waals surface area (Å²) in [6.45, 7) is 1.67. The molecule has 1 aromatic heterocycles. The van der Waals surface area contributed by atoms with Crippen LogP contribution in [-0.2, 0) is 16.0 Å². The maximum absolute atomic E-state index is 11.5. The molecule has 0 saturated carbocycles. The number of esters is 1. The Bertz CT molecular complexity index is 705. The van der Waals surface area contributed by atoms with Gasteiger partial charge in [0, 0.05) is 17.5 Å². The second-order valence-electron chi connectivity index (χ2n) is 4.09. The molecule has 0 bridgehead atoms. The normalized spacial score (nSPS) is 10.6. The third kappa shape index (κ3) is 2.93. The SMILES string of the molecule is CCc1cc(=O)oc2cc(OCC(=O)OC)c(Cl)cc12. The van der Waals surface area contributed by atoms with Crippen LogP contribution >= 0.6 is 11.6 Å². The molecule has 2 rings (SSSR count). The van der Waals surface area contributed by atoms with Crippen molar-refractivity contribution in [2.45, 2.75) is 13.3 Å². The molecule has 0 amide bonds. The molecule has 0 unspecified atom stereocenters. The van der Waals surface area contributed by atoms with Crippen molar-refractivity contribution in [1.82, 2.24) is 0 Å². The standard InChI is InChI=1S/C14H13ClO5/c1-3-8-4-13(16)20-11-6-12(10(15)5-9(8)11)19-7-14(17)18-2/h4-6H,3,7H2,1-2H3. The van der Waals surface area contributed by atoms with Gasteiger partial charge in [0.25, 0.3) is 0 Å². The molecule has 1 heterocycles. The van der Waals surface area contributed by atoms with Gasteiger partial charge in [-0.05, 0) is 18.1 Å². The highest BCUT2D eigenvalue weighted by Gasteiger charge is 2.11. The Labute approximate surface area is 120 Å². The Kier molecular flexibility index (Phi) is 4.29. The lowest BCUT2D eigenvalue weighted by Gasteiger charge is -2.09. The first-order chi connectivity index (χ1) is 9.55. The van der Waals surface area contributed by atoms with E-state index < -0.39 is 11.6 Å². The maximum Gasteiger partial charge on any atom is 0.343 e. The largest absolute Gasteiger partial charge is 0.480 e. The van der Waals surface area contributed by atoms with E-state index in [-0.39, 0.29) is 12.4 Å². The van der Waals surface area contributed by atoms with Crippen molar-refractivity contribution in [2.75, 3.05) is 13.7 Å². The molecule has 1 aromatic carbocycles. The van der Waals surface area contributed by atoms with Crippen molar-refractivity contribution in [1.29, 1.82) is 0 Å². The minimum Gasteiger partial charge on any atom is -0.480 e. The van der Waals surface area contributed by atoms with Crippen LogP contribution < -0.4 is 10.4 Å². The van der Waals surface area contributed by atoms with Crippen molar-refractivity contribution < 1.29 is 18.7 Å². The van der Waals surface area contributed by atoms with E-state index in [1.54, 1.807) is 6.07 Å². The number of fused-ring (bicyclic) bond motifs is 1. The van der Waals surface area contributed by atoms with E-state index in [9.17, 15) is 9.59 Å². The molecular formula is C14H13ClO5. The van der Waals surface area contributed by atoms with Gasteiger partial charge in [-0.25, -0.2) is 9.59 Å². The predicted molar refractivity (Wildman–Crippen MR) is 74.4 cm³/mol. The van der Waals surface area contributed by atoms with Gasteiger partial charge in [0.1, 0.15) is 11.3 Å². The summed E-state index contributed by atoms with van der Waals surface area (Å²) in [4.78, 5) is 22.5. The summed E-state index contributed by atoms with van der Waals surface area (Å²) < 4.78 is 14.8. The maximum atomic E-state index is 11.5. The van der Waals surface area contributed by atoms with Gasteiger partial charge in [-0.1, -0.05) is 18.5 Å². The lowest BCUT2D eigenvalue weighted by Crippen LogP contribution is -2.12. The number of ether oxygens (including phenoxy) is 2. The van der Waals surface area contributed by atoms with Crippen molar-refractivity contribution >= 4 is 28.5 Å². The van der Waals surface area contributed by atoms with Gasteiger partial charge in [0.15, 0.2) is 6.61 Å². The van der Waals surface area contributed by atoms with E-state index in [0.717, 1.165) is 10.9 Å². The number of aryl methyl sites for hydroxylation is 1. The molecule has 0 spiro atoms. The fourth-order valence-electron chi connectivity index (χ4n) is 1.83. The molecule has 0 atom stereocenters.